The number of halogens is 1. The van der Waals surface area contributed by atoms with E-state index in [1.54, 1.807) is 6.07 Å². The number of nitrogens with one attached hydrogen (secondary N) is 1. The highest BCUT2D eigenvalue weighted by molar-refractivity contribution is 6.31. The van der Waals surface area contributed by atoms with Crippen molar-refractivity contribution in [3.63, 3.8) is 0 Å². The van der Waals surface area contributed by atoms with E-state index in [1.807, 2.05) is 19.1 Å². The summed E-state index contributed by atoms with van der Waals surface area (Å²) in [6.45, 7) is 4.09. The highest BCUT2D eigenvalue weighted by Crippen LogP contribution is 2.32. The van der Waals surface area contributed by atoms with Crippen molar-refractivity contribution in [2.75, 3.05) is 5.32 Å². The fourth-order valence-corrected chi connectivity index (χ4v) is 2.95. The molecule has 2 rings (SSSR count). The number of rotatable bonds is 2. The number of carbonyl (C=O) groups excluding carboxylic acids is 1. The van der Waals surface area contributed by atoms with E-state index >= 15 is 0 Å². The molecule has 1 aromatic carbocycles. The standard InChI is InChI=1S/C15H21ClN2O/c1-10-4-3-7-15(17,9-10)14(19)18-13-8-12(16)6-5-11(13)2/h5-6,8,10H,3-4,7,9,17H2,1-2H3,(H,18,19). The maximum absolute atomic E-state index is 12.4. The summed E-state index contributed by atoms with van der Waals surface area (Å²) in [7, 11) is 0. The molecule has 1 aliphatic rings. The van der Waals surface area contributed by atoms with Crippen molar-refractivity contribution >= 4 is 23.2 Å². The van der Waals surface area contributed by atoms with Gasteiger partial charge in [0, 0.05) is 10.7 Å². The van der Waals surface area contributed by atoms with Gasteiger partial charge in [-0.2, -0.15) is 0 Å². The third-order valence-electron chi connectivity index (χ3n) is 3.93. The lowest BCUT2D eigenvalue weighted by molar-refractivity contribution is -0.122. The maximum Gasteiger partial charge on any atom is 0.244 e. The van der Waals surface area contributed by atoms with Crippen LogP contribution in [0.25, 0.3) is 0 Å². The van der Waals surface area contributed by atoms with Gasteiger partial charge in [-0.15, -0.1) is 0 Å². The number of aryl methyl sites for hydroxylation is 1. The van der Waals surface area contributed by atoms with E-state index in [-0.39, 0.29) is 5.91 Å². The van der Waals surface area contributed by atoms with Gasteiger partial charge in [-0.1, -0.05) is 37.4 Å². The molecular weight excluding hydrogens is 260 g/mol. The molecule has 0 aliphatic heterocycles. The Bertz CT molecular complexity index is 489. The number of carbonyl (C=O) groups is 1. The molecule has 0 radical (unpaired) electrons. The Morgan fingerprint density at radius 1 is 1.53 bits per heavy atom. The van der Waals surface area contributed by atoms with E-state index in [2.05, 4.69) is 12.2 Å². The second kappa shape index (κ2) is 5.51. The fourth-order valence-electron chi connectivity index (χ4n) is 2.77. The molecule has 1 aliphatic carbocycles. The Balaban J connectivity index is 2.14. The molecule has 0 bridgehead atoms. The van der Waals surface area contributed by atoms with E-state index < -0.39 is 5.54 Å². The third-order valence-corrected chi connectivity index (χ3v) is 4.17. The van der Waals surface area contributed by atoms with Crippen molar-refractivity contribution in [3.8, 4) is 0 Å². The Morgan fingerprint density at radius 3 is 2.95 bits per heavy atom. The molecule has 2 atom stereocenters. The zero-order valence-electron chi connectivity index (χ0n) is 11.5. The molecule has 1 amide bonds. The first-order chi connectivity index (χ1) is 8.90. The second-order valence-electron chi connectivity index (χ2n) is 5.77. The normalized spacial score (nSPS) is 27.1. The second-order valence-corrected chi connectivity index (χ2v) is 6.21. The lowest BCUT2D eigenvalue weighted by Gasteiger charge is -2.35. The maximum atomic E-state index is 12.4. The number of amides is 1. The molecule has 1 saturated carbocycles. The van der Waals surface area contributed by atoms with Gasteiger partial charge in [-0.25, -0.2) is 0 Å². The minimum atomic E-state index is -0.744. The molecule has 0 heterocycles. The largest absolute Gasteiger partial charge is 0.324 e. The van der Waals surface area contributed by atoms with Crippen molar-refractivity contribution in [1.82, 2.24) is 0 Å². The van der Waals surface area contributed by atoms with E-state index in [9.17, 15) is 4.79 Å². The lowest BCUT2D eigenvalue weighted by Crippen LogP contribution is -2.53. The van der Waals surface area contributed by atoms with Crippen LogP contribution in [0.2, 0.25) is 5.02 Å². The van der Waals surface area contributed by atoms with Crippen molar-refractivity contribution in [2.45, 2.75) is 45.1 Å². The molecule has 0 spiro atoms. The first kappa shape index (κ1) is 14.4. The molecule has 3 N–H and O–H groups in total. The van der Waals surface area contributed by atoms with E-state index in [1.165, 1.54) is 0 Å². The summed E-state index contributed by atoms with van der Waals surface area (Å²) in [6.07, 6.45) is 3.67. The molecular formula is C15H21ClN2O. The van der Waals surface area contributed by atoms with Gasteiger partial charge in [0.1, 0.15) is 0 Å². The van der Waals surface area contributed by atoms with Gasteiger partial charge < -0.3 is 11.1 Å². The van der Waals surface area contributed by atoms with Crippen LogP contribution in [0.4, 0.5) is 5.69 Å². The van der Waals surface area contributed by atoms with Crippen LogP contribution in [0.15, 0.2) is 18.2 Å². The number of anilines is 1. The van der Waals surface area contributed by atoms with Crippen LogP contribution in [-0.4, -0.2) is 11.4 Å². The van der Waals surface area contributed by atoms with Gasteiger partial charge in [0.15, 0.2) is 0 Å². The zero-order chi connectivity index (χ0) is 14.0. The molecule has 1 aromatic rings. The smallest absolute Gasteiger partial charge is 0.244 e. The zero-order valence-corrected chi connectivity index (χ0v) is 12.3. The average Bonchev–Trinajstić information content (AvgIpc) is 2.33. The number of hydrogen-bond acceptors (Lipinski definition) is 2. The van der Waals surface area contributed by atoms with Crippen molar-refractivity contribution in [3.05, 3.63) is 28.8 Å². The number of nitrogens with two attached hydrogens (primary N) is 1. The minimum absolute atomic E-state index is 0.0931. The van der Waals surface area contributed by atoms with Crippen LogP contribution >= 0.6 is 11.6 Å². The van der Waals surface area contributed by atoms with E-state index in [0.29, 0.717) is 10.9 Å². The highest BCUT2D eigenvalue weighted by atomic mass is 35.5. The summed E-state index contributed by atoms with van der Waals surface area (Å²) in [4.78, 5) is 12.4. The SMILES string of the molecule is Cc1ccc(Cl)cc1NC(=O)C1(N)CCCC(C)C1. The molecule has 0 aromatic heterocycles. The molecule has 2 unspecified atom stereocenters. The summed E-state index contributed by atoms with van der Waals surface area (Å²) < 4.78 is 0. The molecule has 3 nitrogen and oxygen atoms in total. The van der Waals surface area contributed by atoms with Crippen LogP contribution in [0.3, 0.4) is 0 Å². The summed E-state index contributed by atoms with van der Waals surface area (Å²) in [5.41, 5.74) is 7.28. The predicted octanol–water partition coefficient (Wildman–Crippen LogP) is 3.49. The van der Waals surface area contributed by atoms with E-state index in [4.69, 9.17) is 17.3 Å². The summed E-state index contributed by atoms with van der Waals surface area (Å²) in [5, 5.41) is 3.55. The van der Waals surface area contributed by atoms with Gasteiger partial charge in [0.2, 0.25) is 5.91 Å². The summed E-state index contributed by atoms with van der Waals surface area (Å²) >= 11 is 5.96. The molecule has 4 heteroatoms. The Hall–Kier alpha value is -1.06. The monoisotopic (exact) mass is 280 g/mol. The van der Waals surface area contributed by atoms with E-state index in [0.717, 1.165) is 36.9 Å². The number of hydrogen-bond donors (Lipinski definition) is 2. The Kier molecular flexibility index (Phi) is 4.16. The van der Waals surface area contributed by atoms with Gasteiger partial charge in [0.05, 0.1) is 5.54 Å². The van der Waals surface area contributed by atoms with Gasteiger partial charge in [-0.05, 0) is 43.4 Å². The van der Waals surface area contributed by atoms with Gasteiger partial charge in [-0.3, -0.25) is 4.79 Å². The highest BCUT2D eigenvalue weighted by Gasteiger charge is 2.38. The average molecular weight is 281 g/mol. The van der Waals surface area contributed by atoms with Crippen molar-refractivity contribution in [1.29, 1.82) is 0 Å². The van der Waals surface area contributed by atoms with Crippen LogP contribution in [0.5, 0.6) is 0 Å². The Morgan fingerprint density at radius 2 is 2.26 bits per heavy atom. The third kappa shape index (κ3) is 3.28. The minimum Gasteiger partial charge on any atom is -0.324 e. The quantitative estimate of drug-likeness (QED) is 0.871. The van der Waals surface area contributed by atoms with Gasteiger partial charge >= 0.3 is 0 Å². The predicted molar refractivity (Wildman–Crippen MR) is 79.4 cm³/mol. The number of benzene rings is 1. The topological polar surface area (TPSA) is 55.1 Å². The lowest BCUT2D eigenvalue weighted by atomic mass is 9.76. The fraction of sp³-hybridized carbons (Fsp3) is 0.533. The van der Waals surface area contributed by atoms with Crippen LogP contribution in [0, 0.1) is 12.8 Å². The van der Waals surface area contributed by atoms with Crippen molar-refractivity contribution < 1.29 is 4.79 Å². The summed E-state index contributed by atoms with van der Waals surface area (Å²) in [5.74, 6) is 0.411. The molecule has 104 valence electrons. The van der Waals surface area contributed by atoms with Crippen molar-refractivity contribution in [2.24, 2.45) is 11.7 Å². The summed E-state index contributed by atoms with van der Waals surface area (Å²) in [6, 6.07) is 5.47. The molecule has 1 fully saturated rings. The van der Waals surface area contributed by atoms with Crippen LogP contribution < -0.4 is 11.1 Å². The van der Waals surface area contributed by atoms with Crippen LogP contribution in [0.1, 0.15) is 38.2 Å². The van der Waals surface area contributed by atoms with Crippen LogP contribution in [-0.2, 0) is 4.79 Å². The molecule has 0 saturated heterocycles. The van der Waals surface area contributed by atoms with Gasteiger partial charge in [0.25, 0.3) is 0 Å². The first-order valence-corrected chi connectivity index (χ1v) is 7.15. The first-order valence-electron chi connectivity index (χ1n) is 6.77. The molecule has 19 heavy (non-hydrogen) atoms. The Labute approximate surface area is 119 Å².